The zero-order valence-corrected chi connectivity index (χ0v) is 17.4. The van der Waals surface area contributed by atoms with E-state index >= 15 is 0 Å². The average Bonchev–Trinajstić information content (AvgIpc) is 2.77. The van der Waals surface area contributed by atoms with E-state index < -0.39 is 42.2 Å². The Morgan fingerprint density at radius 3 is 2.00 bits per heavy atom. The van der Waals surface area contributed by atoms with E-state index in [4.69, 9.17) is 9.47 Å². The molecule has 1 amide bonds. The predicted molar refractivity (Wildman–Crippen MR) is 112 cm³/mol. The number of benzene rings is 2. The summed E-state index contributed by atoms with van der Waals surface area (Å²) in [5, 5.41) is 11.9. The highest BCUT2D eigenvalue weighted by molar-refractivity contribution is 5.98. The summed E-state index contributed by atoms with van der Waals surface area (Å²) in [6.07, 6.45) is -0.531. The van der Waals surface area contributed by atoms with Gasteiger partial charge in [0.25, 0.3) is 5.91 Å². The molecule has 0 unspecified atom stereocenters. The van der Waals surface area contributed by atoms with Crippen LogP contribution in [-0.2, 0) is 23.9 Å². The maximum atomic E-state index is 12.7. The van der Waals surface area contributed by atoms with Crippen LogP contribution >= 0.6 is 0 Å². The molecule has 2 rings (SSSR count). The van der Waals surface area contributed by atoms with Crippen LogP contribution in [0.3, 0.4) is 0 Å². The molecule has 2 aromatic carbocycles. The second kappa shape index (κ2) is 11.5. The molecule has 164 valence electrons. The van der Waals surface area contributed by atoms with E-state index in [1.54, 1.807) is 38.1 Å². The van der Waals surface area contributed by atoms with Gasteiger partial charge in [-0.15, -0.1) is 0 Å². The molecule has 8 heteroatoms. The van der Waals surface area contributed by atoms with Gasteiger partial charge in [-0.05, 0) is 37.1 Å². The summed E-state index contributed by atoms with van der Waals surface area (Å²) in [7, 11) is 0. The van der Waals surface area contributed by atoms with Gasteiger partial charge in [-0.1, -0.05) is 42.5 Å². The first-order valence-electron chi connectivity index (χ1n) is 9.88. The first kappa shape index (κ1) is 23.6. The first-order valence-corrected chi connectivity index (χ1v) is 9.88. The van der Waals surface area contributed by atoms with Gasteiger partial charge < -0.3 is 19.9 Å². The summed E-state index contributed by atoms with van der Waals surface area (Å²) < 4.78 is 9.73. The number of ether oxygens (including phenoxy) is 2. The highest BCUT2D eigenvalue weighted by Gasteiger charge is 2.38. The molecule has 2 aromatic rings. The Bertz CT molecular complexity index is 909. The smallest absolute Gasteiger partial charge is 0.327 e. The van der Waals surface area contributed by atoms with Crippen molar-refractivity contribution < 1.29 is 33.8 Å². The number of carboxylic acids is 1. The lowest BCUT2D eigenvalue weighted by Crippen LogP contribution is -2.49. The third-order valence-corrected chi connectivity index (χ3v) is 4.49. The van der Waals surface area contributed by atoms with E-state index in [2.05, 4.69) is 5.32 Å². The van der Waals surface area contributed by atoms with Crippen molar-refractivity contribution in [2.75, 3.05) is 13.2 Å². The van der Waals surface area contributed by atoms with Gasteiger partial charge in [0.2, 0.25) is 0 Å². The molecule has 0 saturated carbocycles. The third-order valence-electron chi connectivity index (χ3n) is 4.49. The van der Waals surface area contributed by atoms with Crippen LogP contribution in [0.15, 0.2) is 54.6 Å². The van der Waals surface area contributed by atoms with Crippen LogP contribution in [0, 0.1) is 5.92 Å². The summed E-state index contributed by atoms with van der Waals surface area (Å²) in [6.45, 7) is 3.22. The number of carbonyl (C=O) groups excluding carboxylic acids is 3. The summed E-state index contributed by atoms with van der Waals surface area (Å²) in [6, 6.07) is 14.5. The van der Waals surface area contributed by atoms with Crippen LogP contribution in [0.4, 0.5) is 0 Å². The van der Waals surface area contributed by atoms with Gasteiger partial charge in [-0.2, -0.15) is 0 Å². The maximum Gasteiger partial charge on any atom is 0.327 e. The molecule has 2 atom stereocenters. The lowest BCUT2D eigenvalue weighted by Gasteiger charge is -2.23. The number of aliphatic carboxylic acids is 1. The fourth-order valence-corrected chi connectivity index (χ4v) is 2.99. The summed E-state index contributed by atoms with van der Waals surface area (Å²) in [5.41, 5.74) is 2.07. The third kappa shape index (κ3) is 6.67. The van der Waals surface area contributed by atoms with Gasteiger partial charge in [-0.3, -0.25) is 14.4 Å². The van der Waals surface area contributed by atoms with Gasteiger partial charge in [0, 0.05) is 5.56 Å². The molecule has 0 saturated heterocycles. The maximum absolute atomic E-state index is 12.7. The molecule has 0 aliphatic heterocycles. The number of carboxylic acid groups (broad SMARTS) is 1. The molecule has 0 aromatic heterocycles. The van der Waals surface area contributed by atoms with E-state index in [-0.39, 0.29) is 18.8 Å². The normalized spacial score (nSPS) is 12.3. The number of amides is 1. The lowest BCUT2D eigenvalue weighted by molar-refractivity contribution is -0.159. The molecule has 8 nitrogen and oxygen atoms in total. The van der Waals surface area contributed by atoms with Crippen LogP contribution in [0.1, 0.15) is 30.6 Å². The minimum Gasteiger partial charge on any atom is -0.480 e. The molecule has 0 heterocycles. The Labute approximate surface area is 180 Å². The van der Waals surface area contributed by atoms with Gasteiger partial charge >= 0.3 is 17.9 Å². The molecular weight excluding hydrogens is 402 g/mol. The summed E-state index contributed by atoms with van der Waals surface area (Å²) in [5.74, 6) is -5.23. The molecule has 0 fully saturated rings. The number of hydrogen-bond acceptors (Lipinski definition) is 6. The average molecular weight is 427 g/mol. The van der Waals surface area contributed by atoms with E-state index in [1.807, 2.05) is 30.3 Å². The molecule has 0 aliphatic rings. The molecule has 0 bridgehead atoms. The molecule has 0 radical (unpaired) electrons. The molecule has 0 spiro atoms. The van der Waals surface area contributed by atoms with E-state index in [9.17, 15) is 24.3 Å². The van der Waals surface area contributed by atoms with Gasteiger partial charge in [-0.25, -0.2) is 4.79 Å². The minimum atomic E-state index is -1.66. The summed E-state index contributed by atoms with van der Waals surface area (Å²) >= 11 is 0. The molecule has 2 N–H and O–H groups in total. The number of carbonyl (C=O) groups is 4. The molecule has 0 aliphatic carbocycles. The standard InChI is InChI=1S/C23H25NO7/c1-3-30-19(25)14-18(23(29)31-4-2)20(22(27)28)24-21(26)17-12-10-16(11-13-17)15-8-6-5-7-9-15/h5-13,18,20H,3-4,14H2,1-2H3,(H,24,26)(H,27,28)/t18-,20-/m0/s1. The van der Waals surface area contributed by atoms with Gasteiger partial charge in [0.15, 0.2) is 0 Å². The van der Waals surface area contributed by atoms with Crippen molar-refractivity contribution in [2.24, 2.45) is 5.92 Å². The number of rotatable bonds is 10. The van der Waals surface area contributed by atoms with Crippen molar-refractivity contribution in [3.05, 3.63) is 60.2 Å². The fourth-order valence-electron chi connectivity index (χ4n) is 2.99. The number of hydrogen-bond donors (Lipinski definition) is 2. The Hall–Kier alpha value is -3.68. The Kier molecular flexibility index (Phi) is 8.75. The molecular formula is C23H25NO7. The van der Waals surface area contributed by atoms with E-state index in [1.165, 1.54) is 0 Å². The fraction of sp³-hybridized carbons (Fsp3) is 0.304. The Morgan fingerprint density at radius 2 is 1.45 bits per heavy atom. The highest BCUT2D eigenvalue weighted by atomic mass is 16.5. The van der Waals surface area contributed by atoms with E-state index in [0.29, 0.717) is 0 Å². The monoisotopic (exact) mass is 427 g/mol. The number of esters is 2. The summed E-state index contributed by atoms with van der Waals surface area (Å²) in [4.78, 5) is 48.7. The first-order chi connectivity index (χ1) is 14.9. The van der Waals surface area contributed by atoms with Gasteiger partial charge in [0.05, 0.1) is 25.6 Å². The minimum absolute atomic E-state index is 0.000603. The van der Waals surface area contributed by atoms with Crippen molar-refractivity contribution in [1.82, 2.24) is 5.32 Å². The zero-order chi connectivity index (χ0) is 22.8. The number of nitrogens with one attached hydrogen (secondary N) is 1. The topological polar surface area (TPSA) is 119 Å². The predicted octanol–water partition coefficient (Wildman–Crippen LogP) is 2.67. The Balaban J connectivity index is 2.20. The SMILES string of the molecule is CCOC(=O)C[C@H](C(=O)OCC)[C@H](NC(=O)c1ccc(-c2ccccc2)cc1)C(=O)O. The largest absolute Gasteiger partial charge is 0.480 e. The van der Waals surface area contributed by atoms with Crippen molar-refractivity contribution >= 4 is 23.8 Å². The van der Waals surface area contributed by atoms with Crippen LogP contribution in [0.2, 0.25) is 0 Å². The quantitative estimate of drug-likeness (QED) is 0.560. The van der Waals surface area contributed by atoms with Crippen LogP contribution < -0.4 is 5.32 Å². The van der Waals surface area contributed by atoms with Crippen molar-refractivity contribution in [1.29, 1.82) is 0 Å². The molecule has 31 heavy (non-hydrogen) atoms. The van der Waals surface area contributed by atoms with Crippen molar-refractivity contribution in [3.8, 4) is 11.1 Å². The van der Waals surface area contributed by atoms with Crippen LogP contribution in [0.5, 0.6) is 0 Å². The zero-order valence-electron chi connectivity index (χ0n) is 17.4. The second-order valence-electron chi connectivity index (χ2n) is 6.60. The van der Waals surface area contributed by atoms with Crippen LogP contribution in [-0.4, -0.2) is 48.2 Å². The van der Waals surface area contributed by atoms with E-state index in [0.717, 1.165) is 11.1 Å². The van der Waals surface area contributed by atoms with Crippen LogP contribution in [0.25, 0.3) is 11.1 Å². The van der Waals surface area contributed by atoms with Crippen molar-refractivity contribution in [3.63, 3.8) is 0 Å². The second-order valence-corrected chi connectivity index (χ2v) is 6.60. The van der Waals surface area contributed by atoms with Crippen molar-refractivity contribution in [2.45, 2.75) is 26.3 Å². The lowest BCUT2D eigenvalue weighted by atomic mass is 9.95. The van der Waals surface area contributed by atoms with Gasteiger partial charge in [0.1, 0.15) is 6.04 Å². The Morgan fingerprint density at radius 1 is 0.871 bits per heavy atom. The highest BCUT2D eigenvalue weighted by Crippen LogP contribution is 2.20.